The fourth-order valence-electron chi connectivity index (χ4n) is 2.89. The highest BCUT2D eigenvalue weighted by molar-refractivity contribution is 5.76. The van der Waals surface area contributed by atoms with Gasteiger partial charge in [-0.25, -0.2) is 0 Å². The molecule has 0 aliphatic rings. The summed E-state index contributed by atoms with van der Waals surface area (Å²) in [4.78, 5) is 14.3. The van der Waals surface area contributed by atoms with Crippen LogP contribution in [-0.4, -0.2) is 24.5 Å². The largest absolute Gasteiger partial charge is 0.494 e. The highest BCUT2D eigenvalue weighted by Gasteiger charge is 2.16. The number of carbonyl (C=O) groups excluding carboxylic acids is 1. The second-order valence-electron chi connectivity index (χ2n) is 6.29. The Morgan fingerprint density at radius 3 is 2.42 bits per heavy atom. The third-order valence-corrected chi connectivity index (χ3v) is 4.28. The minimum absolute atomic E-state index is 0.166. The van der Waals surface area contributed by atoms with Gasteiger partial charge in [0.05, 0.1) is 6.61 Å². The topological polar surface area (TPSA) is 29.5 Å². The average Bonchev–Trinajstić information content (AvgIpc) is 2.57. The molecule has 0 aliphatic carbocycles. The van der Waals surface area contributed by atoms with Crippen LogP contribution in [0.2, 0.25) is 0 Å². The SMILES string of the molecule is CCOc1ccc(CN(C)C(=O)CC(C)c2ccccc2C)cc1. The van der Waals surface area contributed by atoms with Gasteiger partial charge in [0, 0.05) is 20.0 Å². The molecule has 128 valence electrons. The van der Waals surface area contributed by atoms with Gasteiger partial charge in [0.25, 0.3) is 0 Å². The first-order valence-corrected chi connectivity index (χ1v) is 8.52. The van der Waals surface area contributed by atoms with Crippen LogP contribution in [0.3, 0.4) is 0 Å². The van der Waals surface area contributed by atoms with Crippen molar-refractivity contribution in [3.05, 3.63) is 65.2 Å². The maximum absolute atomic E-state index is 12.5. The molecule has 1 atom stereocenters. The number of hydrogen-bond acceptors (Lipinski definition) is 2. The van der Waals surface area contributed by atoms with E-state index in [1.54, 1.807) is 4.90 Å². The number of ether oxygens (including phenoxy) is 1. The van der Waals surface area contributed by atoms with E-state index in [4.69, 9.17) is 4.74 Å². The molecule has 0 aromatic heterocycles. The number of carbonyl (C=O) groups is 1. The number of hydrogen-bond donors (Lipinski definition) is 0. The van der Waals surface area contributed by atoms with Gasteiger partial charge in [-0.3, -0.25) is 4.79 Å². The van der Waals surface area contributed by atoms with E-state index in [1.165, 1.54) is 11.1 Å². The first-order valence-electron chi connectivity index (χ1n) is 8.52. The molecule has 0 aliphatic heterocycles. The highest BCUT2D eigenvalue weighted by Crippen LogP contribution is 2.23. The molecular formula is C21H27NO2. The second-order valence-corrected chi connectivity index (χ2v) is 6.29. The minimum atomic E-state index is 0.166. The molecule has 0 radical (unpaired) electrons. The van der Waals surface area contributed by atoms with Crippen LogP contribution in [0.25, 0.3) is 0 Å². The minimum Gasteiger partial charge on any atom is -0.494 e. The van der Waals surface area contributed by atoms with Gasteiger partial charge in [-0.05, 0) is 48.6 Å². The Hall–Kier alpha value is -2.29. The standard InChI is InChI=1S/C21H27NO2/c1-5-24-19-12-10-18(11-13-19)15-22(4)21(23)14-17(3)20-9-7-6-8-16(20)2/h6-13,17H,5,14-15H2,1-4H3. The van der Waals surface area contributed by atoms with Crippen LogP contribution in [0.5, 0.6) is 5.75 Å². The van der Waals surface area contributed by atoms with Crippen LogP contribution < -0.4 is 4.74 Å². The molecule has 0 spiro atoms. The van der Waals surface area contributed by atoms with E-state index >= 15 is 0 Å². The lowest BCUT2D eigenvalue weighted by Gasteiger charge is -2.21. The van der Waals surface area contributed by atoms with Crippen molar-refractivity contribution in [3.8, 4) is 5.75 Å². The summed E-state index contributed by atoms with van der Waals surface area (Å²) in [5.74, 6) is 1.25. The van der Waals surface area contributed by atoms with E-state index in [9.17, 15) is 4.79 Å². The van der Waals surface area contributed by atoms with E-state index in [-0.39, 0.29) is 11.8 Å². The van der Waals surface area contributed by atoms with Crippen LogP contribution in [-0.2, 0) is 11.3 Å². The Balaban J connectivity index is 1.93. The Morgan fingerprint density at radius 1 is 1.12 bits per heavy atom. The molecule has 0 saturated carbocycles. The molecule has 2 aromatic rings. The van der Waals surface area contributed by atoms with E-state index in [0.29, 0.717) is 19.6 Å². The number of aryl methyl sites for hydroxylation is 1. The summed E-state index contributed by atoms with van der Waals surface area (Å²) in [5.41, 5.74) is 3.60. The Bertz CT molecular complexity index is 664. The van der Waals surface area contributed by atoms with E-state index in [2.05, 4.69) is 26.0 Å². The van der Waals surface area contributed by atoms with Crippen molar-refractivity contribution >= 4 is 5.91 Å². The van der Waals surface area contributed by atoms with E-state index < -0.39 is 0 Å². The summed E-state index contributed by atoms with van der Waals surface area (Å²) in [6.45, 7) is 7.46. The summed E-state index contributed by atoms with van der Waals surface area (Å²) in [5, 5.41) is 0. The molecule has 0 heterocycles. The zero-order valence-electron chi connectivity index (χ0n) is 15.1. The lowest BCUT2D eigenvalue weighted by molar-refractivity contribution is -0.130. The molecule has 3 nitrogen and oxygen atoms in total. The van der Waals surface area contributed by atoms with Gasteiger partial charge in [-0.1, -0.05) is 43.3 Å². The van der Waals surface area contributed by atoms with Crippen molar-refractivity contribution in [1.82, 2.24) is 4.90 Å². The molecule has 2 aromatic carbocycles. The first kappa shape index (κ1) is 18.1. The summed E-state index contributed by atoms with van der Waals surface area (Å²) in [7, 11) is 1.86. The molecule has 0 saturated heterocycles. The van der Waals surface area contributed by atoms with E-state index in [0.717, 1.165) is 11.3 Å². The fourth-order valence-corrected chi connectivity index (χ4v) is 2.89. The average molecular weight is 325 g/mol. The highest BCUT2D eigenvalue weighted by atomic mass is 16.5. The van der Waals surface area contributed by atoms with Crippen LogP contribution in [0.15, 0.2) is 48.5 Å². The zero-order valence-corrected chi connectivity index (χ0v) is 15.1. The molecule has 1 unspecified atom stereocenters. The third kappa shape index (κ3) is 4.85. The van der Waals surface area contributed by atoms with Crippen LogP contribution in [0, 0.1) is 6.92 Å². The lowest BCUT2D eigenvalue weighted by Crippen LogP contribution is -2.27. The molecule has 3 heteroatoms. The number of nitrogens with zero attached hydrogens (tertiary/aromatic N) is 1. The summed E-state index contributed by atoms with van der Waals surface area (Å²) in [6.07, 6.45) is 0.526. The smallest absolute Gasteiger partial charge is 0.223 e. The maximum Gasteiger partial charge on any atom is 0.223 e. The van der Waals surface area contributed by atoms with Crippen molar-refractivity contribution in [2.24, 2.45) is 0 Å². The van der Waals surface area contributed by atoms with Gasteiger partial charge in [0.2, 0.25) is 5.91 Å². The Morgan fingerprint density at radius 2 is 1.79 bits per heavy atom. The molecule has 0 fully saturated rings. The summed E-state index contributed by atoms with van der Waals surface area (Å²) in [6, 6.07) is 16.2. The van der Waals surface area contributed by atoms with Gasteiger partial charge in [0.15, 0.2) is 0 Å². The van der Waals surface area contributed by atoms with Crippen LogP contribution in [0.1, 0.15) is 42.9 Å². The van der Waals surface area contributed by atoms with Crippen molar-refractivity contribution in [1.29, 1.82) is 0 Å². The van der Waals surface area contributed by atoms with Crippen molar-refractivity contribution in [2.75, 3.05) is 13.7 Å². The van der Waals surface area contributed by atoms with Crippen LogP contribution in [0.4, 0.5) is 0 Å². The molecular weight excluding hydrogens is 298 g/mol. The molecule has 1 amide bonds. The van der Waals surface area contributed by atoms with Gasteiger partial charge in [0.1, 0.15) is 5.75 Å². The number of amides is 1. The predicted molar refractivity (Wildman–Crippen MR) is 98.3 cm³/mol. The van der Waals surface area contributed by atoms with Crippen molar-refractivity contribution in [3.63, 3.8) is 0 Å². The third-order valence-electron chi connectivity index (χ3n) is 4.28. The molecule has 0 N–H and O–H groups in total. The Labute approximate surface area is 145 Å². The zero-order chi connectivity index (χ0) is 17.5. The normalized spacial score (nSPS) is 11.8. The van der Waals surface area contributed by atoms with Gasteiger partial charge in [-0.15, -0.1) is 0 Å². The summed E-state index contributed by atoms with van der Waals surface area (Å²) >= 11 is 0. The van der Waals surface area contributed by atoms with Crippen molar-refractivity contribution < 1.29 is 9.53 Å². The van der Waals surface area contributed by atoms with Gasteiger partial charge < -0.3 is 9.64 Å². The fraction of sp³-hybridized carbons (Fsp3) is 0.381. The van der Waals surface area contributed by atoms with Crippen molar-refractivity contribution in [2.45, 2.75) is 39.7 Å². The van der Waals surface area contributed by atoms with Gasteiger partial charge in [-0.2, -0.15) is 0 Å². The van der Waals surface area contributed by atoms with Crippen LogP contribution >= 0.6 is 0 Å². The lowest BCUT2D eigenvalue weighted by atomic mass is 9.93. The van der Waals surface area contributed by atoms with E-state index in [1.807, 2.05) is 50.4 Å². The second kappa shape index (κ2) is 8.53. The van der Waals surface area contributed by atoms with Gasteiger partial charge >= 0.3 is 0 Å². The number of rotatable bonds is 7. The maximum atomic E-state index is 12.5. The first-order chi connectivity index (χ1) is 11.5. The summed E-state index contributed by atoms with van der Waals surface area (Å²) < 4.78 is 5.45. The molecule has 0 bridgehead atoms. The quantitative estimate of drug-likeness (QED) is 0.747. The molecule has 24 heavy (non-hydrogen) atoms. The monoisotopic (exact) mass is 325 g/mol. The molecule has 2 rings (SSSR count). The number of benzene rings is 2. The Kier molecular flexibility index (Phi) is 6.42. The predicted octanol–water partition coefficient (Wildman–Crippen LogP) is 4.55.